The van der Waals surface area contributed by atoms with E-state index in [0.29, 0.717) is 12.1 Å². The van der Waals surface area contributed by atoms with Gasteiger partial charge < -0.3 is 0 Å². The van der Waals surface area contributed by atoms with Crippen molar-refractivity contribution in [2.45, 2.75) is 44.4 Å². The van der Waals surface area contributed by atoms with Crippen LogP contribution < -0.4 is 4.72 Å². The van der Waals surface area contributed by atoms with Crippen LogP contribution in [-0.4, -0.2) is 8.96 Å². The molecule has 1 atom stereocenters. The van der Waals surface area contributed by atoms with Gasteiger partial charge in [-0.15, -0.1) is 0 Å². The minimum atomic E-state index is -4.89. The highest BCUT2D eigenvalue weighted by atomic mass is 32.2. The van der Waals surface area contributed by atoms with Crippen LogP contribution in [0.2, 0.25) is 0 Å². The molecule has 0 heterocycles. The molecule has 0 aliphatic heterocycles. The fraction of sp³-hybridized carbons (Fsp3) is 0.538. The largest absolute Gasteiger partial charge is 0.416 e. The van der Waals surface area contributed by atoms with Crippen LogP contribution in [0, 0.1) is 0 Å². The Hall–Kier alpha value is -1.09. The lowest BCUT2D eigenvalue weighted by Gasteiger charge is -2.19. The SMILES string of the molecule is CC(C)(C)S(=O)NCc1cc(C(F)(F)F)cc(C(F)(F)F)c1. The molecule has 0 bridgehead atoms. The van der Waals surface area contributed by atoms with E-state index in [1.54, 1.807) is 20.8 Å². The fourth-order valence-corrected chi connectivity index (χ4v) is 2.22. The van der Waals surface area contributed by atoms with E-state index in [4.69, 9.17) is 0 Å². The average molecular weight is 347 g/mol. The first-order chi connectivity index (χ1) is 9.71. The molecule has 0 fully saturated rings. The van der Waals surface area contributed by atoms with E-state index < -0.39 is 39.2 Å². The summed E-state index contributed by atoms with van der Waals surface area (Å²) in [7, 11) is -1.61. The summed E-state index contributed by atoms with van der Waals surface area (Å²) < 4.78 is 89.6. The van der Waals surface area contributed by atoms with Crippen LogP contribution in [0.1, 0.15) is 37.5 Å². The first-order valence-electron chi connectivity index (χ1n) is 6.15. The summed E-state index contributed by atoms with van der Waals surface area (Å²) >= 11 is 0. The van der Waals surface area contributed by atoms with Crippen molar-refractivity contribution in [2.75, 3.05) is 0 Å². The molecule has 1 unspecified atom stereocenters. The number of alkyl halides is 6. The van der Waals surface area contributed by atoms with Gasteiger partial charge in [-0.2, -0.15) is 26.3 Å². The van der Waals surface area contributed by atoms with Crippen molar-refractivity contribution < 1.29 is 30.6 Å². The van der Waals surface area contributed by atoms with Gasteiger partial charge in [-0.1, -0.05) is 0 Å². The molecular formula is C13H15F6NOS. The van der Waals surface area contributed by atoms with E-state index in [1.807, 2.05) is 0 Å². The van der Waals surface area contributed by atoms with Gasteiger partial charge in [0.1, 0.15) is 0 Å². The molecule has 0 spiro atoms. The Morgan fingerprint density at radius 3 is 1.64 bits per heavy atom. The summed E-state index contributed by atoms with van der Waals surface area (Å²) in [4.78, 5) is 0. The highest BCUT2D eigenvalue weighted by Crippen LogP contribution is 2.36. The van der Waals surface area contributed by atoms with Crippen LogP contribution in [0.25, 0.3) is 0 Å². The second-order valence-electron chi connectivity index (χ2n) is 5.62. The quantitative estimate of drug-likeness (QED) is 0.813. The van der Waals surface area contributed by atoms with E-state index in [0.717, 1.165) is 0 Å². The van der Waals surface area contributed by atoms with Crippen molar-refractivity contribution in [3.05, 3.63) is 34.9 Å². The second kappa shape index (κ2) is 6.19. The maximum Gasteiger partial charge on any atom is 0.416 e. The fourth-order valence-electron chi connectivity index (χ4n) is 1.49. The lowest BCUT2D eigenvalue weighted by Crippen LogP contribution is -2.33. The van der Waals surface area contributed by atoms with Gasteiger partial charge in [0.05, 0.1) is 26.9 Å². The molecule has 0 aliphatic carbocycles. The molecule has 0 aliphatic rings. The van der Waals surface area contributed by atoms with Gasteiger partial charge in [0.2, 0.25) is 0 Å². The van der Waals surface area contributed by atoms with Crippen LogP contribution in [0.15, 0.2) is 18.2 Å². The molecule has 0 radical (unpaired) electrons. The second-order valence-corrected chi connectivity index (χ2v) is 7.67. The topological polar surface area (TPSA) is 29.1 Å². The zero-order valence-corrected chi connectivity index (χ0v) is 12.8. The lowest BCUT2D eigenvalue weighted by molar-refractivity contribution is -0.143. The third-order valence-electron chi connectivity index (χ3n) is 2.61. The average Bonchev–Trinajstić information content (AvgIpc) is 2.32. The van der Waals surface area contributed by atoms with Crippen molar-refractivity contribution in [1.82, 2.24) is 4.72 Å². The molecule has 0 amide bonds. The third kappa shape index (κ3) is 5.28. The lowest BCUT2D eigenvalue weighted by atomic mass is 10.0. The Morgan fingerprint density at radius 1 is 0.909 bits per heavy atom. The van der Waals surface area contributed by atoms with Crippen molar-refractivity contribution in [3.63, 3.8) is 0 Å². The number of benzene rings is 1. The van der Waals surface area contributed by atoms with E-state index in [9.17, 15) is 30.6 Å². The predicted octanol–water partition coefficient (Wildman–Crippen LogP) is 4.28. The van der Waals surface area contributed by atoms with Crippen LogP contribution in [-0.2, 0) is 29.9 Å². The minimum Gasteiger partial charge on any atom is -0.242 e. The predicted molar refractivity (Wildman–Crippen MR) is 71.2 cm³/mol. The molecule has 126 valence electrons. The van der Waals surface area contributed by atoms with Crippen molar-refractivity contribution in [2.24, 2.45) is 0 Å². The Kier molecular flexibility index (Phi) is 5.34. The molecule has 9 heteroatoms. The highest BCUT2D eigenvalue weighted by molar-refractivity contribution is 7.84. The van der Waals surface area contributed by atoms with Gasteiger partial charge in [-0.05, 0) is 44.5 Å². The number of nitrogens with one attached hydrogen (secondary N) is 1. The van der Waals surface area contributed by atoms with Crippen LogP contribution in [0.4, 0.5) is 26.3 Å². The Balaban J connectivity index is 3.12. The zero-order chi connectivity index (χ0) is 17.3. The van der Waals surface area contributed by atoms with Gasteiger partial charge in [0.15, 0.2) is 0 Å². The highest BCUT2D eigenvalue weighted by Gasteiger charge is 2.36. The Labute approximate surface area is 126 Å². The van der Waals surface area contributed by atoms with Gasteiger partial charge in [-0.3, -0.25) is 0 Å². The van der Waals surface area contributed by atoms with Gasteiger partial charge in [-0.25, -0.2) is 8.93 Å². The maximum absolute atomic E-state index is 12.7. The van der Waals surface area contributed by atoms with E-state index in [1.165, 1.54) is 0 Å². The van der Waals surface area contributed by atoms with E-state index >= 15 is 0 Å². The van der Waals surface area contributed by atoms with E-state index in [2.05, 4.69) is 4.72 Å². The normalized spacial score (nSPS) is 15.0. The molecule has 1 aromatic carbocycles. The monoisotopic (exact) mass is 347 g/mol. The molecule has 1 N–H and O–H groups in total. The summed E-state index contributed by atoms with van der Waals surface area (Å²) in [6.45, 7) is 4.52. The zero-order valence-electron chi connectivity index (χ0n) is 12.0. The smallest absolute Gasteiger partial charge is 0.242 e. The number of hydrogen-bond donors (Lipinski definition) is 1. The maximum atomic E-state index is 12.7. The molecule has 22 heavy (non-hydrogen) atoms. The van der Waals surface area contributed by atoms with Crippen molar-refractivity contribution in [1.29, 1.82) is 0 Å². The number of hydrogen-bond acceptors (Lipinski definition) is 1. The first-order valence-corrected chi connectivity index (χ1v) is 7.30. The molecule has 1 aromatic rings. The standard InChI is InChI=1S/C13H15F6NOS/c1-11(2,3)22(21)20-7-8-4-9(12(14,15)16)6-10(5-8)13(17,18)19/h4-6,20H,7H2,1-3H3. The first kappa shape index (κ1) is 19.0. The Bertz CT molecular complexity index is 527. The molecule has 1 rings (SSSR count). The Morgan fingerprint density at radius 2 is 1.32 bits per heavy atom. The molecule has 0 saturated carbocycles. The van der Waals surface area contributed by atoms with E-state index in [-0.39, 0.29) is 18.2 Å². The van der Waals surface area contributed by atoms with Gasteiger partial charge in [0.25, 0.3) is 0 Å². The van der Waals surface area contributed by atoms with Gasteiger partial charge in [0, 0.05) is 6.54 Å². The number of halogens is 6. The summed E-state index contributed by atoms with van der Waals surface area (Å²) in [5.74, 6) is 0. The van der Waals surface area contributed by atoms with Gasteiger partial charge >= 0.3 is 12.4 Å². The van der Waals surface area contributed by atoms with Crippen LogP contribution in [0.5, 0.6) is 0 Å². The third-order valence-corrected chi connectivity index (χ3v) is 4.13. The summed E-state index contributed by atoms with van der Waals surface area (Å²) in [6.07, 6.45) is -9.78. The summed E-state index contributed by atoms with van der Waals surface area (Å²) in [5, 5.41) is 0. The minimum absolute atomic E-state index is 0.0597. The molecule has 2 nitrogen and oxygen atoms in total. The molecular weight excluding hydrogens is 332 g/mol. The summed E-state index contributed by atoms with van der Waals surface area (Å²) in [5.41, 5.74) is -3.01. The summed E-state index contributed by atoms with van der Waals surface area (Å²) in [6, 6.07) is 1.29. The molecule has 0 saturated heterocycles. The van der Waals surface area contributed by atoms with Crippen molar-refractivity contribution in [3.8, 4) is 0 Å². The van der Waals surface area contributed by atoms with Crippen LogP contribution in [0.3, 0.4) is 0 Å². The molecule has 0 aromatic heterocycles. The van der Waals surface area contributed by atoms with Crippen molar-refractivity contribution >= 4 is 11.0 Å². The van der Waals surface area contributed by atoms with Crippen LogP contribution >= 0.6 is 0 Å². The number of rotatable bonds is 3.